The smallest absolute Gasteiger partial charge is 0.0495 e. The van der Waals surface area contributed by atoms with Crippen molar-refractivity contribution in [2.75, 3.05) is 19.8 Å². The van der Waals surface area contributed by atoms with E-state index in [9.17, 15) is 0 Å². The average Bonchev–Trinajstić information content (AvgIpc) is 2.74. The second kappa shape index (κ2) is 5.84. The molecule has 0 amide bonds. The summed E-state index contributed by atoms with van der Waals surface area (Å²) < 4.78 is 5.35. The molecule has 2 saturated heterocycles. The van der Waals surface area contributed by atoms with Gasteiger partial charge in [-0.2, -0.15) is 0 Å². The summed E-state index contributed by atoms with van der Waals surface area (Å²) in [7, 11) is 0. The number of nitrogens with one attached hydrogen (secondary N) is 1. The number of rotatable bonds is 3. The molecule has 13 heavy (non-hydrogen) atoms. The van der Waals surface area contributed by atoms with E-state index >= 15 is 0 Å². The third kappa shape index (κ3) is 3.45. The third-order valence-electron chi connectivity index (χ3n) is 3.11. The van der Waals surface area contributed by atoms with Gasteiger partial charge in [-0.3, -0.25) is 0 Å². The fourth-order valence-corrected chi connectivity index (χ4v) is 2.25. The second-order valence-electron chi connectivity index (χ2n) is 4.10. The summed E-state index contributed by atoms with van der Waals surface area (Å²) in [6.45, 7) is 3.27. The first-order valence-electron chi connectivity index (χ1n) is 5.26. The van der Waals surface area contributed by atoms with E-state index in [0.717, 1.165) is 25.2 Å². The van der Waals surface area contributed by atoms with Crippen LogP contribution >= 0.6 is 12.4 Å². The normalized spacial score (nSPS) is 33.2. The highest BCUT2D eigenvalue weighted by molar-refractivity contribution is 5.85. The quantitative estimate of drug-likeness (QED) is 0.761. The summed E-state index contributed by atoms with van der Waals surface area (Å²) >= 11 is 0. The molecule has 2 rings (SSSR count). The topological polar surface area (TPSA) is 21.3 Å². The van der Waals surface area contributed by atoms with E-state index in [4.69, 9.17) is 4.74 Å². The zero-order valence-corrected chi connectivity index (χ0v) is 8.94. The van der Waals surface area contributed by atoms with Crippen LogP contribution in [0.4, 0.5) is 0 Å². The van der Waals surface area contributed by atoms with Crippen molar-refractivity contribution in [2.24, 2.45) is 5.92 Å². The van der Waals surface area contributed by atoms with Gasteiger partial charge in [-0.1, -0.05) is 0 Å². The second-order valence-corrected chi connectivity index (χ2v) is 4.10. The van der Waals surface area contributed by atoms with E-state index in [-0.39, 0.29) is 12.4 Å². The largest absolute Gasteiger partial charge is 0.381 e. The molecule has 0 saturated carbocycles. The zero-order chi connectivity index (χ0) is 8.23. The molecule has 2 heterocycles. The number of hydrogen-bond acceptors (Lipinski definition) is 2. The molecular weight excluding hydrogens is 186 g/mol. The molecule has 3 heteroatoms. The lowest BCUT2D eigenvalue weighted by atomic mass is 9.99. The van der Waals surface area contributed by atoms with E-state index in [1.165, 1.54) is 38.6 Å². The minimum absolute atomic E-state index is 0. The highest BCUT2D eigenvalue weighted by Gasteiger charge is 2.19. The molecule has 0 aliphatic carbocycles. The zero-order valence-electron chi connectivity index (χ0n) is 8.13. The van der Waals surface area contributed by atoms with E-state index < -0.39 is 0 Å². The van der Waals surface area contributed by atoms with Crippen molar-refractivity contribution >= 4 is 12.4 Å². The van der Waals surface area contributed by atoms with Crippen LogP contribution in [0.2, 0.25) is 0 Å². The third-order valence-corrected chi connectivity index (χ3v) is 3.11. The lowest BCUT2D eigenvalue weighted by Gasteiger charge is -2.12. The molecule has 2 fully saturated rings. The predicted octanol–water partition coefficient (Wildman–Crippen LogP) is 1.98. The fourth-order valence-electron chi connectivity index (χ4n) is 2.25. The number of hydrogen-bond donors (Lipinski definition) is 1. The van der Waals surface area contributed by atoms with Crippen molar-refractivity contribution in [3.05, 3.63) is 0 Å². The van der Waals surface area contributed by atoms with Gasteiger partial charge < -0.3 is 10.1 Å². The summed E-state index contributed by atoms with van der Waals surface area (Å²) in [5, 5.41) is 3.54. The predicted molar refractivity (Wildman–Crippen MR) is 56.4 cm³/mol. The van der Waals surface area contributed by atoms with Crippen LogP contribution in [0.1, 0.15) is 32.1 Å². The Balaban J connectivity index is 0.000000845. The van der Waals surface area contributed by atoms with Gasteiger partial charge in [0.1, 0.15) is 0 Å². The van der Waals surface area contributed by atoms with Crippen LogP contribution in [0.5, 0.6) is 0 Å². The van der Waals surface area contributed by atoms with E-state index in [1.807, 2.05) is 0 Å². The van der Waals surface area contributed by atoms with Crippen molar-refractivity contribution < 1.29 is 4.74 Å². The lowest BCUT2D eigenvalue weighted by Crippen LogP contribution is -2.22. The van der Waals surface area contributed by atoms with Gasteiger partial charge in [-0.15, -0.1) is 12.4 Å². The maximum atomic E-state index is 5.35. The van der Waals surface area contributed by atoms with Gasteiger partial charge in [0.2, 0.25) is 0 Å². The summed E-state index contributed by atoms with van der Waals surface area (Å²) in [5.74, 6) is 0.868. The first-order valence-corrected chi connectivity index (χ1v) is 5.26. The molecule has 2 atom stereocenters. The fraction of sp³-hybridized carbons (Fsp3) is 1.00. The summed E-state index contributed by atoms with van der Waals surface area (Å²) in [5.41, 5.74) is 0. The highest BCUT2D eigenvalue weighted by atomic mass is 35.5. The molecule has 0 bridgehead atoms. The Morgan fingerprint density at radius 2 is 2.15 bits per heavy atom. The monoisotopic (exact) mass is 205 g/mol. The van der Waals surface area contributed by atoms with Gasteiger partial charge in [0.05, 0.1) is 0 Å². The molecule has 0 radical (unpaired) electrons. The Hall–Kier alpha value is 0.210. The molecule has 2 aliphatic heterocycles. The lowest BCUT2D eigenvalue weighted by molar-refractivity contribution is 0.183. The Morgan fingerprint density at radius 3 is 2.77 bits per heavy atom. The minimum atomic E-state index is 0. The van der Waals surface area contributed by atoms with Crippen LogP contribution in [0, 0.1) is 5.92 Å². The molecule has 0 aromatic heterocycles. The molecule has 78 valence electrons. The van der Waals surface area contributed by atoms with Crippen molar-refractivity contribution in [2.45, 2.75) is 38.1 Å². The van der Waals surface area contributed by atoms with Gasteiger partial charge in [-0.05, 0) is 44.6 Å². The van der Waals surface area contributed by atoms with Gasteiger partial charge in [0, 0.05) is 19.3 Å². The van der Waals surface area contributed by atoms with Crippen molar-refractivity contribution in [3.63, 3.8) is 0 Å². The Labute approximate surface area is 86.8 Å². The number of halogens is 1. The van der Waals surface area contributed by atoms with Gasteiger partial charge in [-0.25, -0.2) is 0 Å². The molecule has 2 aliphatic rings. The minimum Gasteiger partial charge on any atom is -0.381 e. The van der Waals surface area contributed by atoms with Crippen LogP contribution in [-0.2, 0) is 4.74 Å². The summed E-state index contributed by atoms with van der Waals surface area (Å²) in [6, 6.07) is 0.825. The van der Waals surface area contributed by atoms with Crippen molar-refractivity contribution in [1.29, 1.82) is 0 Å². The molecule has 0 aromatic rings. The van der Waals surface area contributed by atoms with Gasteiger partial charge >= 0.3 is 0 Å². The highest BCUT2D eigenvalue weighted by Crippen LogP contribution is 2.21. The summed E-state index contributed by atoms with van der Waals surface area (Å²) in [6.07, 6.45) is 6.82. The average molecular weight is 206 g/mol. The molecule has 0 spiro atoms. The molecular formula is C10H20ClNO. The van der Waals surface area contributed by atoms with E-state index in [1.54, 1.807) is 0 Å². The Morgan fingerprint density at radius 1 is 1.23 bits per heavy atom. The standard InChI is InChI=1S/C10H19NO.ClH/c1-2-10(11-6-1)4-3-9-5-7-12-8-9;/h9-11H,1-8H2;1H. The Bertz CT molecular complexity index is 115. The van der Waals surface area contributed by atoms with Crippen LogP contribution in [0.15, 0.2) is 0 Å². The Kier molecular flexibility index (Phi) is 5.07. The van der Waals surface area contributed by atoms with Crippen LogP contribution in [0.25, 0.3) is 0 Å². The van der Waals surface area contributed by atoms with Gasteiger partial charge in [0.15, 0.2) is 0 Å². The van der Waals surface area contributed by atoms with Crippen molar-refractivity contribution in [3.8, 4) is 0 Å². The first-order chi connectivity index (χ1) is 5.95. The molecule has 0 aromatic carbocycles. The molecule has 2 nitrogen and oxygen atoms in total. The van der Waals surface area contributed by atoms with E-state index in [0.29, 0.717) is 0 Å². The number of ether oxygens (including phenoxy) is 1. The van der Waals surface area contributed by atoms with Gasteiger partial charge in [0.25, 0.3) is 0 Å². The van der Waals surface area contributed by atoms with E-state index in [2.05, 4.69) is 5.32 Å². The maximum Gasteiger partial charge on any atom is 0.0495 e. The summed E-state index contributed by atoms with van der Waals surface area (Å²) in [4.78, 5) is 0. The SMILES string of the molecule is C1CNC(CCC2CCOC2)C1.Cl. The molecule has 1 N–H and O–H groups in total. The van der Waals surface area contributed by atoms with Crippen molar-refractivity contribution in [1.82, 2.24) is 5.32 Å². The van der Waals surface area contributed by atoms with Crippen LogP contribution in [-0.4, -0.2) is 25.8 Å². The van der Waals surface area contributed by atoms with Crippen LogP contribution < -0.4 is 5.32 Å². The molecule has 2 unspecified atom stereocenters. The maximum absolute atomic E-state index is 5.35. The van der Waals surface area contributed by atoms with Crippen LogP contribution in [0.3, 0.4) is 0 Å². The first kappa shape index (κ1) is 11.3.